The number of halogens is 4. The van der Waals surface area contributed by atoms with E-state index < -0.39 is 55.5 Å². The van der Waals surface area contributed by atoms with Crippen molar-refractivity contribution in [1.29, 1.82) is 0 Å². The van der Waals surface area contributed by atoms with Gasteiger partial charge >= 0.3 is 6.09 Å². The van der Waals surface area contributed by atoms with E-state index in [2.05, 4.69) is 15.0 Å². The Morgan fingerprint density at radius 3 is 2.38 bits per heavy atom. The van der Waals surface area contributed by atoms with Crippen molar-refractivity contribution in [1.82, 2.24) is 19.7 Å². The smallest absolute Gasteiger partial charge is 0.428 e. The van der Waals surface area contributed by atoms with E-state index in [1.165, 1.54) is 12.4 Å². The lowest BCUT2D eigenvalue weighted by Crippen LogP contribution is -2.39. The average Bonchev–Trinajstić information content (AvgIpc) is 3.46. The van der Waals surface area contributed by atoms with E-state index in [1.54, 1.807) is 29.9 Å². The summed E-state index contributed by atoms with van der Waals surface area (Å²) in [6.45, 7) is 4.29. The molecular formula is C31H31F4N5O4S. The molecule has 238 valence electrons. The number of likely N-dealkylation sites (tertiary alicyclic amines) is 1. The highest BCUT2D eigenvalue weighted by atomic mass is 32.2. The van der Waals surface area contributed by atoms with Crippen LogP contribution in [0.15, 0.2) is 66.0 Å². The minimum absolute atomic E-state index is 0.127. The Balaban J connectivity index is 1.65. The molecule has 1 amide bonds. The molecule has 0 bridgehead atoms. The Bertz CT molecular complexity index is 1780. The summed E-state index contributed by atoms with van der Waals surface area (Å²) in [5.41, 5.74) is -0.987. The number of nitrogens with zero attached hydrogens (tertiary/aromatic N) is 5. The van der Waals surface area contributed by atoms with E-state index in [0.717, 1.165) is 44.5 Å². The zero-order chi connectivity index (χ0) is 32.1. The normalized spacial score (nSPS) is 14.0. The van der Waals surface area contributed by atoms with Crippen molar-refractivity contribution >= 4 is 21.8 Å². The third-order valence-corrected chi connectivity index (χ3v) is 9.08. The molecule has 1 saturated heterocycles. The van der Waals surface area contributed by atoms with Crippen molar-refractivity contribution in [2.24, 2.45) is 0 Å². The number of benzene rings is 2. The molecule has 0 atom stereocenters. The Hall–Kier alpha value is -4.30. The molecular weight excluding hydrogens is 614 g/mol. The van der Waals surface area contributed by atoms with Crippen LogP contribution in [0.2, 0.25) is 0 Å². The summed E-state index contributed by atoms with van der Waals surface area (Å²) >= 11 is 0. The van der Waals surface area contributed by atoms with E-state index in [-0.39, 0.29) is 23.0 Å². The van der Waals surface area contributed by atoms with E-state index in [0.29, 0.717) is 42.4 Å². The number of ether oxygens (including phenoxy) is 1. The van der Waals surface area contributed by atoms with Gasteiger partial charge in [0, 0.05) is 30.7 Å². The minimum Gasteiger partial charge on any atom is -0.448 e. The van der Waals surface area contributed by atoms with Gasteiger partial charge in [0.05, 0.1) is 18.7 Å². The highest BCUT2D eigenvalue weighted by Gasteiger charge is 2.38. The fraction of sp³-hybridized carbons (Fsp3) is 0.323. The second-order valence-electron chi connectivity index (χ2n) is 10.5. The Kier molecular flexibility index (Phi) is 9.83. The van der Waals surface area contributed by atoms with E-state index >= 15 is 8.78 Å². The number of hydrogen-bond acceptors (Lipinski definition) is 7. The summed E-state index contributed by atoms with van der Waals surface area (Å²) in [6.07, 6.45) is 6.64. The lowest BCUT2D eigenvalue weighted by Gasteiger charge is -2.26. The molecule has 2 aromatic carbocycles. The van der Waals surface area contributed by atoms with Gasteiger partial charge in [-0.1, -0.05) is 13.3 Å². The van der Waals surface area contributed by atoms with Crippen LogP contribution < -0.4 is 4.31 Å². The Labute approximate surface area is 258 Å². The van der Waals surface area contributed by atoms with Crippen LogP contribution in [0.4, 0.5) is 28.0 Å². The second-order valence-corrected chi connectivity index (χ2v) is 12.3. The van der Waals surface area contributed by atoms with E-state index in [4.69, 9.17) is 4.74 Å². The molecule has 1 fully saturated rings. The average molecular weight is 646 g/mol. The molecule has 1 aliphatic rings. The van der Waals surface area contributed by atoms with Gasteiger partial charge in [-0.05, 0) is 80.4 Å². The summed E-state index contributed by atoms with van der Waals surface area (Å²) < 4.78 is 94.7. The monoisotopic (exact) mass is 645 g/mol. The van der Waals surface area contributed by atoms with Crippen LogP contribution in [-0.4, -0.2) is 60.4 Å². The van der Waals surface area contributed by atoms with Gasteiger partial charge in [-0.3, -0.25) is 9.67 Å². The van der Waals surface area contributed by atoms with Gasteiger partial charge in [0.2, 0.25) is 0 Å². The number of carbonyl (C=O) groups excluding carboxylic acids is 1. The number of anilines is 1. The van der Waals surface area contributed by atoms with Crippen LogP contribution in [0.1, 0.15) is 32.6 Å². The summed E-state index contributed by atoms with van der Waals surface area (Å²) in [6, 6.07) is 6.35. The first-order chi connectivity index (χ1) is 21.6. The summed E-state index contributed by atoms with van der Waals surface area (Å²) in [5, 5.41) is 4.50. The molecule has 0 aliphatic carbocycles. The Morgan fingerprint density at radius 2 is 1.67 bits per heavy atom. The Morgan fingerprint density at radius 1 is 0.956 bits per heavy atom. The molecule has 2 aromatic heterocycles. The summed E-state index contributed by atoms with van der Waals surface area (Å²) in [5.74, 6) is -5.07. The topological polar surface area (TPSA) is 97.6 Å². The van der Waals surface area contributed by atoms with E-state index in [9.17, 15) is 22.0 Å². The predicted molar refractivity (Wildman–Crippen MR) is 159 cm³/mol. The first-order valence-corrected chi connectivity index (χ1v) is 15.9. The molecule has 9 nitrogen and oxygen atoms in total. The van der Waals surface area contributed by atoms with Gasteiger partial charge in [0.15, 0.2) is 5.82 Å². The van der Waals surface area contributed by atoms with Gasteiger partial charge in [-0.25, -0.2) is 30.8 Å². The number of rotatable bonds is 10. The number of carbonyl (C=O) groups is 1. The second kappa shape index (κ2) is 13.8. The number of hydrogen-bond donors (Lipinski definition) is 0. The minimum atomic E-state index is -5.31. The van der Waals surface area contributed by atoms with Gasteiger partial charge in [-0.15, -0.1) is 0 Å². The largest absolute Gasteiger partial charge is 0.448 e. The van der Waals surface area contributed by atoms with Crippen LogP contribution in [0.5, 0.6) is 0 Å². The van der Waals surface area contributed by atoms with Gasteiger partial charge in [0.25, 0.3) is 10.0 Å². The third kappa shape index (κ3) is 6.86. The molecule has 0 radical (unpaired) electrons. The molecule has 0 N–H and O–H groups in total. The molecule has 4 aromatic rings. The third-order valence-electron chi connectivity index (χ3n) is 7.38. The maximum Gasteiger partial charge on any atom is 0.428 e. The maximum atomic E-state index is 16.6. The maximum absolute atomic E-state index is 16.6. The fourth-order valence-corrected chi connectivity index (χ4v) is 6.57. The van der Waals surface area contributed by atoms with E-state index in [1.807, 2.05) is 0 Å². The molecule has 3 heterocycles. The number of piperidine rings is 1. The van der Waals surface area contributed by atoms with Crippen molar-refractivity contribution in [3.63, 3.8) is 0 Å². The summed E-state index contributed by atoms with van der Waals surface area (Å²) in [7, 11) is -5.31. The molecule has 14 heteroatoms. The SMILES string of the molecule is CCCOC(=O)N(c1ccc(F)c(-c2nn(CCN3CCCCC3)cc2-c2ccncc2)c1F)S(=O)(=O)c1cc(F)ccc1F. The highest BCUT2D eigenvalue weighted by Crippen LogP contribution is 2.39. The van der Waals surface area contributed by atoms with Crippen LogP contribution in [0, 0.1) is 23.3 Å². The van der Waals surface area contributed by atoms with Gasteiger partial charge < -0.3 is 9.64 Å². The van der Waals surface area contributed by atoms with Gasteiger partial charge in [0.1, 0.15) is 33.7 Å². The molecule has 0 spiro atoms. The standard InChI is InChI=1S/C31H31F4N5O4S/c1-2-18-44-31(41)40(45(42,43)27-19-22(32)6-7-24(27)33)26-9-8-25(34)28(29(26)35)30-23(21-10-12-36-13-11-21)20-39(37-30)17-16-38-14-4-3-5-15-38/h6-13,19-20H,2-5,14-18H2,1H3. The van der Waals surface area contributed by atoms with Crippen molar-refractivity contribution in [2.45, 2.75) is 44.0 Å². The number of amides is 1. The lowest BCUT2D eigenvalue weighted by atomic mass is 10.0. The van der Waals surface area contributed by atoms with Gasteiger partial charge in [-0.2, -0.15) is 9.40 Å². The lowest BCUT2D eigenvalue weighted by molar-refractivity contribution is 0.157. The van der Waals surface area contributed by atoms with Crippen molar-refractivity contribution in [3.05, 3.63) is 84.3 Å². The fourth-order valence-electron chi connectivity index (χ4n) is 5.15. The van der Waals surface area contributed by atoms with Crippen molar-refractivity contribution < 1.29 is 35.5 Å². The van der Waals surface area contributed by atoms with Crippen LogP contribution >= 0.6 is 0 Å². The molecule has 45 heavy (non-hydrogen) atoms. The van der Waals surface area contributed by atoms with Crippen molar-refractivity contribution in [3.8, 4) is 22.4 Å². The molecule has 5 rings (SSSR count). The zero-order valence-electron chi connectivity index (χ0n) is 24.4. The number of sulfonamides is 1. The number of aromatic nitrogens is 3. The van der Waals surface area contributed by atoms with Crippen LogP contribution in [-0.2, 0) is 21.3 Å². The molecule has 1 aliphatic heterocycles. The quantitative estimate of drug-likeness (QED) is 0.184. The van der Waals surface area contributed by atoms with Crippen molar-refractivity contribution in [2.75, 3.05) is 30.5 Å². The first kappa shape index (κ1) is 32.1. The summed E-state index contributed by atoms with van der Waals surface area (Å²) in [4.78, 5) is 18.2. The number of pyridine rings is 1. The highest BCUT2D eigenvalue weighted by molar-refractivity contribution is 7.93. The van der Waals surface area contributed by atoms with Crippen LogP contribution in [0.3, 0.4) is 0 Å². The predicted octanol–water partition coefficient (Wildman–Crippen LogP) is 6.40. The van der Waals surface area contributed by atoms with Crippen LogP contribution in [0.25, 0.3) is 22.4 Å². The first-order valence-electron chi connectivity index (χ1n) is 14.5. The molecule has 0 unspecified atom stereocenters. The zero-order valence-corrected chi connectivity index (χ0v) is 25.2. The molecule has 0 saturated carbocycles.